The molecule has 2 fully saturated rings. The Morgan fingerprint density at radius 3 is 2.05 bits per heavy atom. The van der Waals surface area contributed by atoms with Crippen molar-refractivity contribution in [2.24, 2.45) is 22.7 Å². The summed E-state index contributed by atoms with van der Waals surface area (Å²) in [4.78, 5) is 4.27. The Balaban J connectivity index is 1.69. The Morgan fingerprint density at radius 2 is 1.53 bits per heavy atom. The predicted molar refractivity (Wildman–Crippen MR) is 85.7 cm³/mol. The first-order valence-electron chi connectivity index (χ1n) is 8.40. The first-order chi connectivity index (χ1) is 9.33. The van der Waals surface area contributed by atoms with Crippen LogP contribution in [0, 0.1) is 17.8 Å². The number of unbranched alkanes of at least 4 members (excludes halogenated alkanes) is 1. The van der Waals surface area contributed by atoms with Crippen molar-refractivity contribution in [3.8, 4) is 0 Å². The van der Waals surface area contributed by atoms with Crippen LogP contribution < -0.4 is 0 Å². The van der Waals surface area contributed by atoms with E-state index in [0.717, 1.165) is 17.8 Å². The molecule has 2 aliphatic rings. The third-order valence-corrected chi connectivity index (χ3v) is 5.61. The summed E-state index contributed by atoms with van der Waals surface area (Å²) in [5.41, 5.74) is 0. The van der Waals surface area contributed by atoms with Crippen molar-refractivity contribution >= 4 is 17.4 Å². The van der Waals surface area contributed by atoms with Gasteiger partial charge in [0.15, 0.2) is 0 Å². The lowest BCUT2D eigenvalue weighted by Gasteiger charge is -2.37. The molecule has 0 atom stereocenters. The summed E-state index contributed by atoms with van der Waals surface area (Å²) in [7, 11) is 0. The van der Waals surface area contributed by atoms with Gasteiger partial charge in [0, 0.05) is 0 Å². The van der Waals surface area contributed by atoms with Gasteiger partial charge in [-0.1, -0.05) is 39.0 Å². The van der Waals surface area contributed by atoms with Crippen molar-refractivity contribution in [2.75, 3.05) is 0 Å². The number of hydrogen-bond donors (Lipinski definition) is 0. The van der Waals surface area contributed by atoms with Crippen LogP contribution in [-0.2, 0) is 0 Å². The summed E-state index contributed by atoms with van der Waals surface area (Å²) in [6.07, 6.45) is 15.6. The molecule has 2 rings (SSSR count). The quantitative estimate of drug-likeness (QED) is 0.468. The van der Waals surface area contributed by atoms with Crippen LogP contribution in [0.2, 0.25) is 0 Å². The molecule has 2 saturated carbocycles. The van der Waals surface area contributed by atoms with Gasteiger partial charge >= 0.3 is 0 Å². The minimum absolute atomic E-state index is 0.495. The van der Waals surface area contributed by atoms with E-state index in [1.165, 1.54) is 70.6 Å². The lowest BCUT2D eigenvalue weighted by Crippen LogP contribution is -2.26. The van der Waals surface area contributed by atoms with Crippen molar-refractivity contribution in [2.45, 2.75) is 83.6 Å². The molecule has 19 heavy (non-hydrogen) atoms. The van der Waals surface area contributed by atoms with Crippen LogP contribution >= 0.6 is 12.2 Å². The summed E-state index contributed by atoms with van der Waals surface area (Å²) in [6, 6.07) is 0.495. The van der Waals surface area contributed by atoms with Crippen LogP contribution in [0.1, 0.15) is 77.6 Å². The summed E-state index contributed by atoms with van der Waals surface area (Å²) < 4.78 is 0. The minimum Gasteiger partial charge on any atom is -0.229 e. The molecule has 2 heteroatoms. The molecule has 0 aromatic carbocycles. The van der Waals surface area contributed by atoms with Gasteiger partial charge in [-0.15, -0.1) is 0 Å². The number of isothiocyanates is 1. The van der Waals surface area contributed by atoms with Gasteiger partial charge in [-0.25, -0.2) is 4.99 Å². The average Bonchev–Trinajstić information content (AvgIpc) is 2.47. The zero-order valence-corrected chi connectivity index (χ0v) is 13.3. The van der Waals surface area contributed by atoms with Gasteiger partial charge < -0.3 is 0 Å². The van der Waals surface area contributed by atoms with Crippen LogP contribution in [0.25, 0.3) is 0 Å². The highest BCUT2D eigenvalue weighted by Crippen LogP contribution is 2.41. The van der Waals surface area contributed by atoms with E-state index in [9.17, 15) is 0 Å². The number of hydrogen-bond acceptors (Lipinski definition) is 2. The maximum Gasteiger partial charge on any atom is 0.0603 e. The van der Waals surface area contributed by atoms with Crippen molar-refractivity contribution < 1.29 is 0 Å². The molecule has 0 radical (unpaired) electrons. The van der Waals surface area contributed by atoms with Crippen molar-refractivity contribution in [3.63, 3.8) is 0 Å². The molecule has 0 aliphatic heterocycles. The monoisotopic (exact) mass is 279 g/mol. The van der Waals surface area contributed by atoms with E-state index >= 15 is 0 Å². The van der Waals surface area contributed by atoms with E-state index in [-0.39, 0.29) is 0 Å². The highest BCUT2D eigenvalue weighted by Gasteiger charge is 2.30. The van der Waals surface area contributed by atoms with Crippen molar-refractivity contribution in [1.82, 2.24) is 0 Å². The molecule has 1 nitrogen and oxygen atoms in total. The zero-order chi connectivity index (χ0) is 13.5. The molecule has 0 aromatic rings. The molecular weight excluding hydrogens is 250 g/mol. The van der Waals surface area contributed by atoms with E-state index in [1.807, 2.05) is 0 Å². The van der Waals surface area contributed by atoms with Gasteiger partial charge in [0.05, 0.1) is 11.2 Å². The maximum absolute atomic E-state index is 4.72. The molecule has 0 saturated heterocycles. The van der Waals surface area contributed by atoms with E-state index < -0.39 is 0 Å². The first kappa shape index (κ1) is 15.2. The Labute approximate surface area is 124 Å². The third kappa shape index (κ3) is 4.68. The predicted octanol–water partition coefficient (Wildman–Crippen LogP) is 5.64. The second-order valence-corrected chi connectivity index (χ2v) is 6.89. The summed E-state index contributed by atoms with van der Waals surface area (Å²) in [5, 5.41) is 2.57. The maximum atomic E-state index is 4.72. The van der Waals surface area contributed by atoms with Crippen LogP contribution in [-0.4, -0.2) is 11.2 Å². The number of nitrogens with zero attached hydrogens (tertiary/aromatic N) is 1. The Hall–Kier alpha value is -0.200. The fourth-order valence-electron chi connectivity index (χ4n) is 4.22. The Bertz CT molecular complexity index is 292. The second-order valence-electron chi connectivity index (χ2n) is 6.71. The molecule has 0 aromatic heterocycles. The van der Waals surface area contributed by atoms with E-state index in [2.05, 4.69) is 17.1 Å². The number of thiocarbonyl (C=S) groups is 1. The average molecular weight is 279 g/mol. The van der Waals surface area contributed by atoms with Gasteiger partial charge in [0.1, 0.15) is 0 Å². The largest absolute Gasteiger partial charge is 0.229 e. The highest BCUT2D eigenvalue weighted by molar-refractivity contribution is 7.78. The van der Waals surface area contributed by atoms with E-state index in [1.54, 1.807) is 0 Å². The molecule has 0 N–H and O–H groups in total. The van der Waals surface area contributed by atoms with Gasteiger partial charge in [-0.2, -0.15) is 0 Å². The molecule has 0 bridgehead atoms. The SMILES string of the molecule is CCCCC1CCC(C2CCC(N=C=S)CC2)CC1. The van der Waals surface area contributed by atoms with Gasteiger partial charge in [-0.05, 0) is 68.5 Å². The molecule has 0 spiro atoms. The third-order valence-electron chi connectivity index (χ3n) is 5.50. The van der Waals surface area contributed by atoms with Gasteiger partial charge in [0.2, 0.25) is 0 Å². The van der Waals surface area contributed by atoms with Crippen LogP contribution in [0.3, 0.4) is 0 Å². The Kier molecular flexibility index (Phi) is 6.53. The molecular formula is C17H29NS. The van der Waals surface area contributed by atoms with Gasteiger partial charge in [0.25, 0.3) is 0 Å². The molecule has 2 aliphatic carbocycles. The number of aliphatic imine (C=N–C) groups is 1. The summed E-state index contributed by atoms with van der Waals surface area (Å²) >= 11 is 4.72. The smallest absolute Gasteiger partial charge is 0.0603 e. The fraction of sp³-hybridized carbons (Fsp3) is 0.941. The normalized spacial score (nSPS) is 35.6. The number of rotatable bonds is 5. The van der Waals surface area contributed by atoms with E-state index in [0.29, 0.717) is 6.04 Å². The molecule has 0 amide bonds. The van der Waals surface area contributed by atoms with Crippen LogP contribution in [0.4, 0.5) is 0 Å². The second kappa shape index (κ2) is 8.17. The standard InChI is InChI=1S/C17H29NS/c1-2-3-4-14-5-7-15(8-6-14)16-9-11-17(12-10-16)18-13-19/h14-17H,2-12H2,1H3. The summed E-state index contributed by atoms with van der Waals surface area (Å²) in [6.45, 7) is 2.31. The van der Waals surface area contributed by atoms with Crippen molar-refractivity contribution in [3.05, 3.63) is 0 Å². The molecule has 0 heterocycles. The minimum atomic E-state index is 0.495. The van der Waals surface area contributed by atoms with Gasteiger partial charge in [-0.3, -0.25) is 0 Å². The topological polar surface area (TPSA) is 12.4 Å². The highest BCUT2D eigenvalue weighted by atomic mass is 32.1. The first-order valence-corrected chi connectivity index (χ1v) is 8.81. The van der Waals surface area contributed by atoms with E-state index in [4.69, 9.17) is 12.2 Å². The van der Waals surface area contributed by atoms with Crippen LogP contribution in [0.15, 0.2) is 4.99 Å². The Morgan fingerprint density at radius 1 is 0.947 bits per heavy atom. The lowest BCUT2D eigenvalue weighted by molar-refractivity contribution is 0.157. The molecule has 0 unspecified atom stereocenters. The molecule has 108 valence electrons. The van der Waals surface area contributed by atoms with Crippen molar-refractivity contribution in [1.29, 1.82) is 0 Å². The van der Waals surface area contributed by atoms with Crippen LogP contribution in [0.5, 0.6) is 0 Å². The lowest BCUT2D eigenvalue weighted by atomic mass is 9.69. The fourth-order valence-corrected chi connectivity index (χ4v) is 4.37. The zero-order valence-electron chi connectivity index (χ0n) is 12.4. The summed E-state index contributed by atoms with van der Waals surface area (Å²) in [5.74, 6) is 3.06.